The number of aromatic nitrogens is 3. The molecule has 1 N–H and O–H groups in total. The molecule has 0 saturated carbocycles. The number of pyridine rings is 1. The molecule has 1 aliphatic rings. The maximum absolute atomic E-state index is 12.9. The molecule has 2 aromatic heterocycles. The molecule has 0 aliphatic carbocycles. The zero-order valence-electron chi connectivity index (χ0n) is 15.6. The van der Waals surface area contributed by atoms with Crippen molar-refractivity contribution in [1.82, 2.24) is 15.0 Å². The molecule has 1 atom stereocenters. The van der Waals surface area contributed by atoms with Crippen LogP contribution in [-0.2, 0) is 0 Å². The Bertz CT molecular complexity index is 982. The van der Waals surface area contributed by atoms with Crippen molar-refractivity contribution < 1.29 is 4.79 Å². The third kappa shape index (κ3) is 3.74. The average molecular weight is 361 g/mol. The Balaban J connectivity index is 1.62. The van der Waals surface area contributed by atoms with E-state index in [2.05, 4.69) is 32.1 Å². The summed E-state index contributed by atoms with van der Waals surface area (Å²) >= 11 is 0. The smallest absolute Gasteiger partial charge is 0.274 e. The second kappa shape index (κ2) is 7.31. The Morgan fingerprint density at radius 1 is 1.22 bits per heavy atom. The van der Waals surface area contributed by atoms with Gasteiger partial charge in [0.05, 0.1) is 11.2 Å². The number of rotatable bonds is 3. The van der Waals surface area contributed by atoms with Gasteiger partial charge >= 0.3 is 0 Å². The zero-order valence-corrected chi connectivity index (χ0v) is 15.6. The normalized spacial score (nSPS) is 17.1. The molecule has 138 valence electrons. The molecule has 1 aromatic carbocycles. The number of amides is 1. The minimum atomic E-state index is -0.245. The highest BCUT2D eigenvalue weighted by Gasteiger charge is 2.21. The highest BCUT2D eigenvalue weighted by Crippen LogP contribution is 2.23. The summed E-state index contributed by atoms with van der Waals surface area (Å²) in [6, 6.07) is 11.3. The van der Waals surface area contributed by atoms with Crippen LogP contribution in [0.15, 0.2) is 42.6 Å². The van der Waals surface area contributed by atoms with Gasteiger partial charge in [0.15, 0.2) is 0 Å². The number of fused-ring (bicyclic) bond motifs is 1. The predicted octanol–water partition coefficient (Wildman–Crippen LogP) is 3.82. The zero-order chi connectivity index (χ0) is 18.8. The second-order valence-corrected chi connectivity index (χ2v) is 7.22. The quantitative estimate of drug-likeness (QED) is 0.768. The molecule has 3 heterocycles. The first-order valence-corrected chi connectivity index (χ1v) is 9.36. The van der Waals surface area contributed by atoms with Crippen molar-refractivity contribution in [3.8, 4) is 0 Å². The van der Waals surface area contributed by atoms with E-state index in [1.807, 2.05) is 37.3 Å². The van der Waals surface area contributed by atoms with Gasteiger partial charge in [-0.2, -0.15) is 0 Å². The van der Waals surface area contributed by atoms with Gasteiger partial charge in [-0.05, 0) is 43.9 Å². The van der Waals surface area contributed by atoms with Crippen LogP contribution in [0.3, 0.4) is 0 Å². The maximum atomic E-state index is 12.9. The lowest BCUT2D eigenvalue weighted by Crippen LogP contribution is -2.36. The van der Waals surface area contributed by atoms with Crippen molar-refractivity contribution in [2.24, 2.45) is 5.92 Å². The number of para-hydroxylation sites is 1. The van der Waals surface area contributed by atoms with Crippen LogP contribution in [0.4, 0.5) is 11.6 Å². The number of benzene rings is 1. The fraction of sp³-hybridized carbons (Fsp3) is 0.333. The van der Waals surface area contributed by atoms with Crippen molar-refractivity contribution in [3.63, 3.8) is 0 Å². The van der Waals surface area contributed by atoms with Crippen LogP contribution in [0.25, 0.3) is 10.9 Å². The number of nitrogens with one attached hydrogen (secondary N) is 1. The standard InChI is InChI=1S/C21H23N5O/c1-14-6-5-11-26(13-14)21-23-15(2)12-18(25-21)20(27)24-17-9-3-7-16-8-4-10-22-19(16)17/h3-4,7-10,12,14H,5-6,11,13H2,1-2H3,(H,24,27). The molecule has 6 heteroatoms. The number of carbonyl (C=O) groups is 1. The third-order valence-electron chi connectivity index (χ3n) is 4.90. The number of aryl methyl sites for hydroxylation is 1. The minimum Gasteiger partial charge on any atom is -0.341 e. The Kier molecular flexibility index (Phi) is 4.71. The summed E-state index contributed by atoms with van der Waals surface area (Å²) in [5, 5.41) is 3.94. The van der Waals surface area contributed by atoms with E-state index in [0.717, 1.165) is 36.1 Å². The lowest BCUT2D eigenvalue weighted by atomic mass is 10.0. The summed E-state index contributed by atoms with van der Waals surface area (Å²) < 4.78 is 0. The maximum Gasteiger partial charge on any atom is 0.274 e. The predicted molar refractivity (Wildman–Crippen MR) is 107 cm³/mol. The first-order chi connectivity index (χ1) is 13.1. The molecule has 0 bridgehead atoms. The number of nitrogens with zero attached hydrogens (tertiary/aromatic N) is 4. The van der Waals surface area contributed by atoms with Crippen molar-refractivity contribution in [3.05, 3.63) is 54.0 Å². The first kappa shape index (κ1) is 17.4. The number of piperidine rings is 1. The van der Waals surface area contributed by atoms with E-state index in [0.29, 0.717) is 23.2 Å². The van der Waals surface area contributed by atoms with Gasteiger partial charge in [-0.25, -0.2) is 9.97 Å². The molecule has 1 saturated heterocycles. The van der Waals surface area contributed by atoms with E-state index in [4.69, 9.17) is 0 Å². The van der Waals surface area contributed by atoms with Crippen molar-refractivity contribution in [1.29, 1.82) is 0 Å². The van der Waals surface area contributed by atoms with E-state index in [1.54, 1.807) is 12.3 Å². The number of hydrogen-bond acceptors (Lipinski definition) is 5. The Morgan fingerprint density at radius 3 is 2.93 bits per heavy atom. The number of carbonyl (C=O) groups excluding carboxylic acids is 1. The van der Waals surface area contributed by atoms with Crippen LogP contribution in [0.5, 0.6) is 0 Å². The molecule has 6 nitrogen and oxygen atoms in total. The molecular weight excluding hydrogens is 338 g/mol. The van der Waals surface area contributed by atoms with Crippen LogP contribution in [0, 0.1) is 12.8 Å². The molecular formula is C21H23N5O. The Morgan fingerprint density at radius 2 is 2.07 bits per heavy atom. The van der Waals surface area contributed by atoms with Crippen LogP contribution in [-0.4, -0.2) is 33.9 Å². The van der Waals surface area contributed by atoms with Crippen molar-refractivity contribution >= 4 is 28.4 Å². The summed E-state index contributed by atoms with van der Waals surface area (Å²) in [6.07, 6.45) is 4.08. The van der Waals surface area contributed by atoms with Crippen LogP contribution < -0.4 is 10.2 Å². The van der Waals surface area contributed by atoms with Crippen LogP contribution in [0.1, 0.15) is 35.9 Å². The fourth-order valence-corrected chi connectivity index (χ4v) is 3.57. The summed E-state index contributed by atoms with van der Waals surface area (Å²) in [6.45, 7) is 6.00. The monoisotopic (exact) mass is 361 g/mol. The summed E-state index contributed by atoms with van der Waals surface area (Å²) in [7, 11) is 0. The van der Waals surface area contributed by atoms with Gasteiger partial charge in [0.2, 0.25) is 5.95 Å². The SMILES string of the molecule is Cc1cc(C(=O)Nc2cccc3cccnc23)nc(N2CCCC(C)C2)n1. The van der Waals surface area contributed by atoms with E-state index in [-0.39, 0.29) is 5.91 Å². The van der Waals surface area contributed by atoms with Crippen LogP contribution in [0.2, 0.25) is 0 Å². The van der Waals surface area contributed by atoms with Gasteiger partial charge < -0.3 is 10.2 Å². The molecule has 1 unspecified atom stereocenters. The second-order valence-electron chi connectivity index (χ2n) is 7.22. The fourth-order valence-electron chi connectivity index (χ4n) is 3.57. The van der Waals surface area contributed by atoms with E-state index in [1.165, 1.54) is 6.42 Å². The number of anilines is 2. The topological polar surface area (TPSA) is 71.0 Å². The lowest BCUT2D eigenvalue weighted by Gasteiger charge is -2.31. The largest absolute Gasteiger partial charge is 0.341 e. The minimum absolute atomic E-state index is 0.245. The summed E-state index contributed by atoms with van der Waals surface area (Å²) in [5.74, 6) is 1.01. The van der Waals surface area contributed by atoms with Gasteiger partial charge in [-0.3, -0.25) is 9.78 Å². The molecule has 1 fully saturated rings. The molecule has 0 radical (unpaired) electrons. The first-order valence-electron chi connectivity index (χ1n) is 9.36. The summed E-state index contributed by atoms with van der Waals surface area (Å²) in [4.78, 5) is 28.5. The van der Waals surface area contributed by atoms with Gasteiger partial charge in [0, 0.05) is 30.4 Å². The van der Waals surface area contributed by atoms with Gasteiger partial charge in [0.25, 0.3) is 5.91 Å². The van der Waals surface area contributed by atoms with Crippen LogP contribution >= 0.6 is 0 Å². The third-order valence-corrected chi connectivity index (χ3v) is 4.90. The van der Waals surface area contributed by atoms with Crippen molar-refractivity contribution in [2.45, 2.75) is 26.7 Å². The van der Waals surface area contributed by atoms with Gasteiger partial charge in [0.1, 0.15) is 5.69 Å². The Labute approximate surface area is 158 Å². The highest BCUT2D eigenvalue weighted by molar-refractivity contribution is 6.07. The molecule has 27 heavy (non-hydrogen) atoms. The molecule has 3 aromatic rings. The summed E-state index contributed by atoms with van der Waals surface area (Å²) in [5.41, 5.74) is 2.62. The lowest BCUT2D eigenvalue weighted by molar-refractivity contribution is 0.102. The van der Waals surface area contributed by atoms with E-state index < -0.39 is 0 Å². The van der Waals surface area contributed by atoms with Gasteiger partial charge in [-0.1, -0.05) is 25.1 Å². The molecule has 4 rings (SSSR count). The van der Waals surface area contributed by atoms with E-state index >= 15 is 0 Å². The molecule has 0 spiro atoms. The van der Waals surface area contributed by atoms with Crippen molar-refractivity contribution in [2.75, 3.05) is 23.3 Å². The molecule has 1 aliphatic heterocycles. The average Bonchev–Trinajstić information content (AvgIpc) is 2.68. The molecule has 1 amide bonds. The Hall–Kier alpha value is -3.02. The number of hydrogen-bond donors (Lipinski definition) is 1. The van der Waals surface area contributed by atoms with E-state index in [9.17, 15) is 4.79 Å². The van der Waals surface area contributed by atoms with Gasteiger partial charge in [-0.15, -0.1) is 0 Å². The highest BCUT2D eigenvalue weighted by atomic mass is 16.1.